The van der Waals surface area contributed by atoms with E-state index >= 15 is 0 Å². The Bertz CT molecular complexity index is 828. The quantitative estimate of drug-likeness (QED) is 0.784. The predicted octanol–water partition coefficient (Wildman–Crippen LogP) is 2.12. The van der Waals surface area contributed by atoms with Crippen LogP contribution >= 0.6 is 0 Å². The lowest BCUT2D eigenvalue weighted by Gasteiger charge is -2.14. The van der Waals surface area contributed by atoms with Crippen molar-refractivity contribution in [2.24, 2.45) is 0 Å². The molecule has 3 aromatic rings. The summed E-state index contributed by atoms with van der Waals surface area (Å²) in [5.41, 5.74) is 1.84. The molecule has 0 saturated heterocycles. The van der Waals surface area contributed by atoms with Gasteiger partial charge in [0.25, 0.3) is 5.91 Å². The maximum Gasteiger partial charge on any atom is 0.261 e. The van der Waals surface area contributed by atoms with Gasteiger partial charge in [0, 0.05) is 6.20 Å². The smallest absolute Gasteiger partial charge is 0.261 e. The fourth-order valence-corrected chi connectivity index (χ4v) is 2.27. The van der Waals surface area contributed by atoms with Gasteiger partial charge in [0.05, 0.1) is 6.54 Å². The van der Waals surface area contributed by atoms with E-state index in [1.807, 2.05) is 60.0 Å². The first-order chi connectivity index (χ1) is 11.1. The zero-order chi connectivity index (χ0) is 16.2. The van der Waals surface area contributed by atoms with Gasteiger partial charge in [-0.15, -0.1) is 10.2 Å². The highest BCUT2D eigenvalue weighted by atomic mass is 16.5. The van der Waals surface area contributed by atoms with Crippen LogP contribution in [0.5, 0.6) is 5.75 Å². The van der Waals surface area contributed by atoms with Crippen LogP contribution in [0.1, 0.15) is 18.3 Å². The Morgan fingerprint density at radius 3 is 2.96 bits per heavy atom. The highest BCUT2D eigenvalue weighted by molar-refractivity contribution is 5.80. The number of aryl methyl sites for hydroxylation is 1. The first-order valence-electron chi connectivity index (χ1n) is 7.43. The summed E-state index contributed by atoms with van der Waals surface area (Å²) in [5, 5.41) is 11.0. The van der Waals surface area contributed by atoms with Crippen LogP contribution in [0.4, 0.5) is 0 Å². The minimum atomic E-state index is -0.587. The second kappa shape index (κ2) is 6.48. The maximum atomic E-state index is 12.2. The van der Waals surface area contributed by atoms with E-state index in [4.69, 9.17) is 4.74 Å². The van der Waals surface area contributed by atoms with Gasteiger partial charge in [-0.3, -0.25) is 9.20 Å². The van der Waals surface area contributed by atoms with E-state index in [0.29, 0.717) is 18.1 Å². The van der Waals surface area contributed by atoms with Crippen molar-refractivity contribution in [3.05, 3.63) is 60.0 Å². The number of benzene rings is 1. The number of carbonyl (C=O) groups is 1. The Labute approximate surface area is 134 Å². The summed E-state index contributed by atoms with van der Waals surface area (Å²) in [7, 11) is 0. The number of nitrogens with zero attached hydrogens (tertiary/aromatic N) is 3. The molecule has 1 unspecified atom stereocenters. The fourth-order valence-electron chi connectivity index (χ4n) is 2.27. The molecule has 0 bridgehead atoms. The van der Waals surface area contributed by atoms with Crippen molar-refractivity contribution in [2.45, 2.75) is 26.5 Å². The Morgan fingerprint density at radius 2 is 2.13 bits per heavy atom. The van der Waals surface area contributed by atoms with Crippen LogP contribution in [0.2, 0.25) is 0 Å². The van der Waals surface area contributed by atoms with Crippen LogP contribution < -0.4 is 10.1 Å². The molecule has 6 nitrogen and oxygen atoms in total. The zero-order valence-electron chi connectivity index (χ0n) is 13.1. The summed E-state index contributed by atoms with van der Waals surface area (Å²) in [6.45, 7) is 4.00. The third kappa shape index (κ3) is 3.48. The highest BCUT2D eigenvalue weighted by Gasteiger charge is 2.15. The standard InChI is InChI=1S/C17H18N4O2/c1-12-6-5-7-14(10-12)23-13(2)17(22)18-11-16-20-19-15-8-3-4-9-21(15)16/h3-10,13H,11H2,1-2H3,(H,18,22). The van der Waals surface area contributed by atoms with E-state index in [0.717, 1.165) is 11.2 Å². The van der Waals surface area contributed by atoms with Crippen molar-refractivity contribution in [2.75, 3.05) is 0 Å². The molecule has 0 radical (unpaired) electrons. The average Bonchev–Trinajstić information content (AvgIpc) is 2.96. The number of aromatic nitrogens is 3. The summed E-state index contributed by atoms with van der Waals surface area (Å²) in [4.78, 5) is 12.2. The Kier molecular flexibility index (Phi) is 4.23. The molecular formula is C17H18N4O2. The molecule has 118 valence electrons. The van der Waals surface area contributed by atoms with Crippen LogP contribution in [0.25, 0.3) is 5.65 Å². The van der Waals surface area contributed by atoms with E-state index in [-0.39, 0.29) is 5.91 Å². The number of rotatable bonds is 5. The average molecular weight is 310 g/mol. The zero-order valence-corrected chi connectivity index (χ0v) is 13.1. The van der Waals surface area contributed by atoms with Gasteiger partial charge in [0.1, 0.15) is 5.75 Å². The summed E-state index contributed by atoms with van der Waals surface area (Å²) >= 11 is 0. The molecule has 0 saturated carbocycles. The molecule has 3 rings (SSSR count). The lowest BCUT2D eigenvalue weighted by atomic mass is 10.2. The van der Waals surface area contributed by atoms with Gasteiger partial charge in [0.15, 0.2) is 17.6 Å². The Morgan fingerprint density at radius 1 is 1.26 bits per heavy atom. The van der Waals surface area contributed by atoms with Gasteiger partial charge >= 0.3 is 0 Å². The van der Waals surface area contributed by atoms with Gasteiger partial charge in [-0.05, 0) is 43.7 Å². The molecule has 0 aliphatic rings. The third-order valence-corrected chi connectivity index (χ3v) is 3.48. The monoisotopic (exact) mass is 310 g/mol. The number of fused-ring (bicyclic) bond motifs is 1. The Hall–Kier alpha value is -2.89. The second-order valence-electron chi connectivity index (χ2n) is 5.34. The number of ether oxygens (including phenoxy) is 1. The normalized spacial score (nSPS) is 12.1. The number of carbonyl (C=O) groups excluding carboxylic acids is 1. The van der Waals surface area contributed by atoms with Gasteiger partial charge in [-0.2, -0.15) is 0 Å². The third-order valence-electron chi connectivity index (χ3n) is 3.48. The van der Waals surface area contributed by atoms with Crippen LogP contribution in [-0.2, 0) is 11.3 Å². The minimum absolute atomic E-state index is 0.195. The van der Waals surface area contributed by atoms with Crippen LogP contribution in [0.3, 0.4) is 0 Å². The fraction of sp³-hybridized carbons (Fsp3) is 0.235. The molecule has 0 aliphatic carbocycles. The number of amides is 1. The van der Waals surface area contributed by atoms with Crippen LogP contribution in [0, 0.1) is 6.92 Å². The largest absolute Gasteiger partial charge is 0.481 e. The molecule has 6 heteroatoms. The SMILES string of the molecule is Cc1cccc(OC(C)C(=O)NCc2nnc3ccccn23)c1. The van der Waals surface area contributed by atoms with Gasteiger partial charge in [-0.1, -0.05) is 18.2 Å². The maximum absolute atomic E-state index is 12.2. The molecule has 1 atom stereocenters. The molecule has 1 N–H and O–H groups in total. The molecule has 2 aromatic heterocycles. The predicted molar refractivity (Wildman–Crippen MR) is 86.1 cm³/mol. The minimum Gasteiger partial charge on any atom is -0.481 e. The highest BCUT2D eigenvalue weighted by Crippen LogP contribution is 2.14. The van der Waals surface area contributed by atoms with E-state index < -0.39 is 6.10 Å². The lowest BCUT2D eigenvalue weighted by molar-refractivity contribution is -0.127. The number of nitrogens with one attached hydrogen (secondary N) is 1. The number of hydrogen-bond donors (Lipinski definition) is 1. The molecule has 2 heterocycles. The summed E-state index contributed by atoms with van der Waals surface area (Å²) in [6.07, 6.45) is 1.28. The van der Waals surface area contributed by atoms with Crippen LogP contribution in [-0.4, -0.2) is 26.6 Å². The van der Waals surface area contributed by atoms with Crippen molar-refractivity contribution in [3.63, 3.8) is 0 Å². The molecule has 0 spiro atoms. The summed E-state index contributed by atoms with van der Waals surface area (Å²) in [6, 6.07) is 13.3. The molecule has 0 fully saturated rings. The van der Waals surface area contributed by atoms with Crippen molar-refractivity contribution in [1.82, 2.24) is 19.9 Å². The summed E-state index contributed by atoms with van der Waals surface area (Å²) < 4.78 is 7.50. The van der Waals surface area contributed by atoms with E-state index in [2.05, 4.69) is 15.5 Å². The van der Waals surface area contributed by atoms with Gasteiger partial charge < -0.3 is 10.1 Å². The van der Waals surface area contributed by atoms with E-state index in [1.165, 1.54) is 0 Å². The first-order valence-corrected chi connectivity index (χ1v) is 7.43. The van der Waals surface area contributed by atoms with Crippen LogP contribution in [0.15, 0.2) is 48.7 Å². The molecule has 1 amide bonds. The van der Waals surface area contributed by atoms with E-state index in [1.54, 1.807) is 6.92 Å². The van der Waals surface area contributed by atoms with Crippen molar-refractivity contribution < 1.29 is 9.53 Å². The molecule has 23 heavy (non-hydrogen) atoms. The second-order valence-corrected chi connectivity index (χ2v) is 5.34. The van der Waals surface area contributed by atoms with Crippen molar-refractivity contribution in [1.29, 1.82) is 0 Å². The lowest BCUT2D eigenvalue weighted by Crippen LogP contribution is -2.36. The van der Waals surface area contributed by atoms with E-state index in [9.17, 15) is 4.79 Å². The topological polar surface area (TPSA) is 68.5 Å². The molecular weight excluding hydrogens is 292 g/mol. The summed E-state index contributed by atoms with van der Waals surface area (Å²) in [5.74, 6) is 1.16. The molecule has 0 aliphatic heterocycles. The molecule has 1 aromatic carbocycles. The van der Waals surface area contributed by atoms with Gasteiger partial charge in [0.2, 0.25) is 0 Å². The van der Waals surface area contributed by atoms with Crippen molar-refractivity contribution >= 4 is 11.6 Å². The number of hydrogen-bond acceptors (Lipinski definition) is 4. The van der Waals surface area contributed by atoms with Gasteiger partial charge in [-0.25, -0.2) is 0 Å². The number of pyridine rings is 1. The van der Waals surface area contributed by atoms with Crippen molar-refractivity contribution in [3.8, 4) is 5.75 Å². The first kappa shape index (κ1) is 15.0. The Balaban J connectivity index is 1.60.